The number of morpholine rings is 1. The predicted octanol–water partition coefficient (Wildman–Crippen LogP) is 2.79. The molecule has 0 unspecified atom stereocenters. The molecule has 1 aliphatic heterocycles. The highest BCUT2D eigenvalue weighted by Gasteiger charge is 2.26. The molecule has 29 heavy (non-hydrogen) atoms. The molecule has 0 radical (unpaired) electrons. The summed E-state index contributed by atoms with van der Waals surface area (Å²) >= 11 is 0. The summed E-state index contributed by atoms with van der Waals surface area (Å²) in [6.07, 6.45) is 1.91. The Morgan fingerprint density at radius 3 is 2.45 bits per heavy atom. The summed E-state index contributed by atoms with van der Waals surface area (Å²) in [6, 6.07) is 1.14. The number of nitrogens with zero attached hydrogens (tertiary/aromatic N) is 3. The summed E-state index contributed by atoms with van der Waals surface area (Å²) < 4.78 is 61.9. The molecule has 0 aliphatic carbocycles. The van der Waals surface area contributed by atoms with Gasteiger partial charge >= 0.3 is 0 Å². The molecule has 0 bridgehead atoms. The Morgan fingerprint density at radius 1 is 1.03 bits per heavy atom. The quantitative estimate of drug-likeness (QED) is 0.534. The third-order valence-electron chi connectivity index (χ3n) is 4.66. The van der Waals surface area contributed by atoms with Gasteiger partial charge in [-0.2, -0.15) is 0 Å². The molecular formula is C19H14F4N4O2. The lowest BCUT2D eigenvalue weighted by Gasteiger charge is -2.31. The third-order valence-corrected chi connectivity index (χ3v) is 4.66. The first-order valence-electron chi connectivity index (χ1n) is 8.63. The minimum Gasteiger partial charge on any atom is -0.378 e. The molecule has 1 fully saturated rings. The van der Waals surface area contributed by atoms with Crippen LogP contribution >= 0.6 is 0 Å². The van der Waals surface area contributed by atoms with Gasteiger partial charge in [-0.25, -0.2) is 17.6 Å². The van der Waals surface area contributed by atoms with Crippen LogP contribution in [0.15, 0.2) is 24.5 Å². The van der Waals surface area contributed by atoms with Crippen molar-refractivity contribution in [1.29, 1.82) is 0 Å². The summed E-state index contributed by atoms with van der Waals surface area (Å²) in [5, 5.41) is -0.141. The molecule has 10 heteroatoms. The summed E-state index contributed by atoms with van der Waals surface area (Å²) in [5.74, 6) is -5.46. The molecule has 3 aromatic rings. The molecule has 1 aliphatic rings. The zero-order chi connectivity index (χ0) is 20.7. The molecule has 1 aromatic carbocycles. The van der Waals surface area contributed by atoms with Crippen molar-refractivity contribution in [2.24, 2.45) is 5.73 Å². The van der Waals surface area contributed by atoms with Crippen molar-refractivity contribution in [2.75, 3.05) is 31.2 Å². The number of fused-ring (bicyclic) bond motifs is 1. The van der Waals surface area contributed by atoms with E-state index in [2.05, 4.69) is 9.97 Å². The van der Waals surface area contributed by atoms with Crippen LogP contribution in [0.5, 0.6) is 0 Å². The van der Waals surface area contributed by atoms with Crippen LogP contribution in [0.3, 0.4) is 0 Å². The van der Waals surface area contributed by atoms with Crippen LogP contribution in [-0.4, -0.2) is 42.2 Å². The number of hydrogen-bond acceptors (Lipinski definition) is 5. The number of hydrogen-bond donors (Lipinski definition) is 1. The highest BCUT2D eigenvalue weighted by molar-refractivity contribution is 6.09. The molecule has 1 saturated heterocycles. The average Bonchev–Trinajstić information content (AvgIpc) is 2.71. The highest BCUT2D eigenvalue weighted by Crippen LogP contribution is 2.37. The van der Waals surface area contributed by atoms with E-state index in [9.17, 15) is 22.4 Å². The van der Waals surface area contributed by atoms with Crippen LogP contribution in [0.2, 0.25) is 0 Å². The number of benzene rings is 1. The summed E-state index contributed by atoms with van der Waals surface area (Å²) in [4.78, 5) is 21.5. The lowest BCUT2D eigenvalue weighted by atomic mass is 10.0. The maximum atomic E-state index is 14.8. The summed E-state index contributed by atoms with van der Waals surface area (Å²) in [7, 11) is 0. The van der Waals surface area contributed by atoms with Gasteiger partial charge in [0.25, 0.3) is 5.91 Å². The number of carbonyl (C=O) groups excluding carboxylic acids is 1. The monoisotopic (exact) mass is 406 g/mol. The fraction of sp³-hybridized carbons (Fsp3) is 0.211. The lowest BCUT2D eigenvalue weighted by molar-refractivity contribution is 0.0998. The minimum absolute atomic E-state index is 0.0404. The Balaban J connectivity index is 2.06. The van der Waals surface area contributed by atoms with E-state index in [-0.39, 0.29) is 27.8 Å². The van der Waals surface area contributed by atoms with Crippen LogP contribution in [-0.2, 0) is 4.74 Å². The van der Waals surface area contributed by atoms with E-state index in [1.807, 2.05) is 0 Å². The van der Waals surface area contributed by atoms with Gasteiger partial charge in [-0.3, -0.25) is 14.8 Å². The Labute approximate surface area is 161 Å². The minimum atomic E-state index is -1.42. The highest BCUT2D eigenvalue weighted by atomic mass is 19.2. The Kier molecular flexibility index (Phi) is 4.79. The molecule has 3 heterocycles. The van der Waals surface area contributed by atoms with E-state index in [1.165, 1.54) is 0 Å². The van der Waals surface area contributed by atoms with Crippen LogP contribution in [0.1, 0.15) is 10.4 Å². The maximum Gasteiger partial charge on any atom is 0.252 e. The van der Waals surface area contributed by atoms with Gasteiger partial charge in [0.1, 0.15) is 11.3 Å². The van der Waals surface area contributed by atoms with E-state index in [1.54, 1.807) is 4.90 Å². The smallest absolute Gasteiger partial charge is 0.252 e. The molecule has 0 saturated carbocycles. The van der Waals surface area contributed by atoms with Gasteiger partial charge in [0.15, 0.2) is 17.5 Å². The topological polar surface area (TPSA) is 81.3 Å². The number of nitrogens with two attached hydrogens (primary N) is 1. The van der Waals surface area contributed by atoms with Gasteiger partial charge in [0.05, 0.1) is 41.7 Å². The maximum absolute atomic E-state index is 14.8. The number of primary amides is 1. The second-order valence-corrected chi connectivity index (χ2v) is 6.41. The van der Waals surface area contributed by atoms with Crippen molar-refractivity contribution in [3.05, 3.63) is 53.4 Å². The van der Waals surface area contributed by atoms with E-state index >= 15 is 0 Å². The van der Waals surface area contributed by atoms with Crippen LogP contribution in [0, 0.1) is 23.3 Å². The first-order chi connectivity index (χ1) is 13.9. The fourth-order valence-corrected chi connectivity index (χ4v) is 3.38. The third kappa shape index (κ3) is 3.25. The molecule has 150 valence electrons. The van der Waals surface area contributed by atoms with Gasteiger partial charge in [0.2, 0.25) is 0 Å². The zero-order valence-corrected chi connectivity index (χ0v) is 14.9. The van der Waals surface area contributed by atoms with Gasteiger partial charge in [-0.05, 0) is 6.07 Å². The predicted molar refractivity (Wildman–Crippen MR) is 96.4 cm³/mol. The molecule has 2 N–H and O–H groups in total. The Morgan fingerprint density at radius 2 is 1.76 bits per heavy atom. The van der Waals surface area contributed by atoms with Crippen molar-refractivity contribution in [2.45, 2.75) is 0 Å². The van der Waals surface area contributed by atoms with Gasteiger partial charge in [0, 0.05) is 30.9 Å². The first kappa shape index (κ1) is 19.1. The van der Waals surface area contributed by atoms with Crippen molar-refractivity contribution in [3.8, 4) is 11.3 Å². The van der Waals surface area contributed by atoms with Crippen LogP contribution in [0.4, 0.5) is 23.2 Å². The first-order valence-corrected chi connectivity index (χ1v) is 8.63. The molecule has 0 atom stereocenters. The van der Waals surface area contributed by atoms with Gasteiger partial charge < -0.3 is 15.4 Å². The Hall–Kier alpha value is -3.27. The number of anilines is 1. The summed E-state index contributed by atoms with van der Waals surface area (Å²) in [5.41, 5.74) is 4.63. The van der Waals surface area contributed by atoms with E-state index in [4.69, 9.17) is 10.5 Å². The molecule has 6 nitrogen and oxygen atoms in total. The lowest BCUT2D eigenvalue weighted by Crippen LogP contribution is -2.38. The SMILES string of the molecule is NC(=O)c1cnc2c(-c3cc(F)cc(F)c3F)ncc(F)c2c1N1CCOCC1. The standard InChI is InChI=1S/C19H14F4N4O2/c20-9-5-10(15(23)12(21)6-9)16-17-14(13(22)8-26-16)18(11(7-25-17)19(24)28)27-1-3-29-4-2-27/h5-8H,1-4H2,(H2,24,28). The van der Waals surface area contributed by atoms with Crippen LogP contribution in [0.25, 0.3) is 22.2 Å². The normalized spacial score (nSPS) is 14.4. The molecule has 2 aromatic heterocycles. The van der Waals surface area contributed by atoms with Crippen molar-refractivity contribution in [1.82, 2.24) is 9.97 Å². The molecular weight excluding hydrogens is 392 g/mol. The van der Waals surface area contributed by atoms with Crippen molar-refractivity contribution < 1.29 is 27.1 Å². The molecule has 0 spiro atoms. The molecule has 1 amide bonds. The Bertz CT molecular complexity index is 1130. The van der Waals surface area contributed by atoms with Crippen molar-refractivity contribution >= 4 is 22.5 Å². The fourth-order valence-electron chi connectivity index (χ4n) is 3.38. The van der Waals surface area contributed by atoms with E-state index in [0.717, 1.165) is 18.5 Å². The number of halogens is 4. The van der Waals surface area contributed by atoms with E-state index < -0.39 is 34.7 Å². The average molecular weight is 406 g/mol. The number of amides is 1. The second-order valence-electron chi connectivity index (χ2n) is 6.41. The van der Waals surface area contributed by atoms with Gasteiger partial charge in [-0.1, -0.05) is 0 Å². The number of ether oxygens (including phenoxy) is 1. The summed E-state index contributed by atoms with van der Waals surface area (Å²) in [6.45, 7) is 1.37. The second kappa shape index (κ2) is 7.28. The van der Waals surface area contributed by atoms with Gasteiger partial charge in [-0.15, -0.1) is 0 Å². The van der Waals surface area contributed by atoms with E-state index in [0.29, 0.717) is 32.4 Å². The number of aromatic nitrogens is 2. The zero-order valence-electron chi connectivity index (χ0n) is 14.9. The van der Waals surface area contributed by atoms with Crippen molar-refractivity contribution in [3.63, 3.8) is 0 Å². The largest absolute Gasteiger partial charge is 0.378 e. The number of carbonyl (C=O) groups is 1. The molecule has 4 rings (SSSR count). The van der Waals surface area contributed by atoms with Crippen LogP contribution < -0.4 is 10.6 Å². The number of rotatable bonds is 3. The number of pyridine rings is 2.